The number of nitrogens with zero attached hydrogens (tertiary/aromatic N) is 1. The number of amides is 2. The molecule has 0 fully saturated rings. The van der Waals surface area contributed by atoms with Crippen LogP contribution in [-0.4, -0.2) is 24.1 Å². The number of rotatable bonds is 3. The maximum atomic E-state index is 12.3. The Hall–Kier alpha value is -3.21. The smallest absolute Gasteiger partial charge is 0.252 e. The van der Waals surface area contributed by atoms with Gasteiger partial charge >= 0.3 is 0 Å². The minimum atomic E-state index is -0.819. The molecule has 5 nitrogen and oxygen atoms in total. The Kier molecular flexibility index (Phi) is 4.75. The molecule has 2 N–H and O–H groups in total. The molecule has 2 aromatic carbocycles. The van der Waals surface area contributed by atoms with Gasteiger partial charge in [-0.15, -0.1) is 0 Å². The summed E-state index contributed by atoms with van der Waals surface area (Å²) in [7, 11) is 0. The third kappa shape index (κ3) is 4.01. The Labute approximate surface area is 146 Å². The number of hydrogen-bond donors (Lipinski definition) is 2. The first-order valence-corrected chi connectivity index (χ1v) is 8.03. The second-order valence-electron chi connectivity index (χ2n) is 5.95. The lowest BCUT2D eigenvalue weighted by atomic mass is 10.1. The van der Waals surface area contributed by atoms with Crippen LogP contribution in [0.5, 0.6) is 0 Å². The lowest BCUT2D eigenvalue weighted by molar-refractivity contribution is -0.122. The van der Waals surface area contributed by atoms with E-state index in [9.17, 15) is 9.59 Å². The van der Waals surface area contributed by atoms with Gasteiger partial charge in [-0.25, -0.2) is 0 Å². The molecular formula is C20H19N3O2. The van der Waals surface area contributed by atoms with Gasteiger partial charge in [0.1, 0.15) is 6.04 Å². The third-order valence-electron chi connectivity index (χ3n) is 4.04. The van der Waals surface area contributed by atoms with E-state index in [0.29, 0.717) is 11.4 Å². The molecule has 0 radical (unpaired) electrons. The summed E-state index contributed by atoms with van der Waals surface area (Å²) < 4.78 is 0. The van der Waals surface area contributed by atoms with Crippen LogP contribution in [-0.2, 0) is 9.59 Å². The van der Waals surface area contributed by atoms with E-state index in [1.54, 1.807) is 6.08 Å². The highest BCUT2D eigenvalue weighted by Crippen LogP contribution is 2.29. The fourth-order valence-electron chi connectivity index (χ4n) is 2.48. The maximum Gasteiger partial charge on any atom is 0.252 e. The van der Waals surface area contributed by atoms with Crippen LogP contribution in [0.4, 0.5) is 11.4 Å². The maximum absolute atomic E-state index is 12.3. The van der Waals surface area contributed by atoms with E-state index < -0.39 is 6.04 Å². The highest BCUT2D eigenvalue weighted by Gasteiger charge is 2.22. The molecular weight excluding hydrogens is 314 g/mol. The zero-order chi connectivity index (χ0) is 17.8. The quantitative estimate of drug-likeness (QED) is 0.847. The second kappa shape index (κ2) is 7.13. The Bertz CT molecular complexity index is 870. The highest BCUT2D eigenvalue weighted by atomic mass is 16.2. The summed E-state index contributed by atoms with van der Waals surface area (Å²) in [5.74, 6) is -0.666. The van der Waals surface area contributed by atoms with E-state index in [4.69, 9.17) is 0 Å². The van der Waals surface area contributed by atoms with E-state index in [1.165, 1.54) is 12.3 Å². The van der Waals surface area contributed by atoms with Crippen molar-refractivity contribution in [3.05, 3.63) is 65.2 Å². The van der Waals surface area contributed by atoms with Gasteiger partial charge in [-0.05, 0) is 48.7 Å². The van der Waals surface area contributed by atoms with Crippen molar-refractivity contribution in [2.45, 2.75) is 19.9 Å². The van der Waals surface area contributed by atoms with Crippen molar-refractivity contribution in [2.75, 3.05) is 5.32 Å². The molecule has 0 saturated heterocycles. The van der Waals surface area contributed by atoms with Crippen LogP contribution >= 0.6 is 0 Å². The minimum absolute atomic E-state index is 0.313. The molecule has 0 spiro atoms. The van der Waals surface area contributed by atoms with Crippen LogP contribution in [0.1, 0.15) is 16.7 Å². The van der Waals surface area contributed by atoms with E-state index in [2.05, 4.69) is 15.6 Å². The van der Waals surface area contributed by atoms with Crippen LogP contribution < -0.4 is 10.6 Å². The topological polar surface area (TPSA) is 70.6 Å². The first-order valence-electron chi connectivity index (χ1n) is 8.03. The molecule has 2 aromatic rings. The molecule has 2 amide bonds. The average Bonchev–Trinajstić information content (AvgIpc) is 2.74. The normalized spacial score (nSPS) is 16.2. The van der Waals surface area contributed by atoms with Gasteiger partial charge in [0.25, 0.3) is 5.91 Å². The van der Waals surface area contributed by atoms with E-state index in [-0.39, 0.29) is 11.8 Å². The Morgan fingerprint density at radius 2 is 1.88 bits per heavy atom. The zero-order valence-corrected chi connectivity index (χ0v) is 14.1. The summed E-state index contributed by atoms with van der Waals surface area (Å²) in [6.45, 7) is 3.97. The molecule has 0 saturated carbocycles. The van der Waals surface area contributed by atoms with Crippen molar-refractivity contribution in [3.8, 4) is 0 Å². The van der Waals surface area contributed by atoms with E-state index in [1.807, 2.05) is 56.3 Å². The molecule has 1 atom stereocenters. The number of anilines is 1. The molecule has 0 aliphatic carbocycles. The Morgan fingerprint density at radius 3 is 2.64 bits per heavy atom. The first kappa shape index (κ1) is 16.6. The zero-order valence-electron chi connectivity index (χ0n) is 14.1. The van der Waals surface area contributed by atoms with Gasteiger partial charge in [-0.1, -0.05) is 30.3 Å². The molecule has 3 rings (SSSR count). The standard InChI is InChI=1S/C20H19N3O2/c1-13-10-16-17(11-14(13)2)23-20(25)18(12-21-16)22-19(24)9-8-15-6-4-3-5-7-15/h3-12,18H,1-2H3,(H,22,24)(H,23,25)/b9-8+/t18-/m0/s1. The number of aliphatic imine (C=N–C) groups is 1. The van der Waals surface area contributed by atoms with Crippen LogP contribution in [0.2, 0.25) is 0 Å². The van der Waals surface area contributed by atoms with Crippen molar-refractivity contribution in [3.63, 3.8) is 0 Å². The molecule has 25 heavy (non-hydrogen) atoms. The van der Waals surface area contributed by atoms with Crippen molar-refractivity contribution < 1.29 is 9.59 Å². The van der Waals surface area contributed by atoms with Crippen molar-refractivity contribution in [1.82, 2.24) is 5.32 Å². The Balaban J connectivity index is 1.71. The summed E-state index contributed by atoms with van der Waals surface area (Å²) in [6.07, 6.45) is 4.57. The number of nitrogens with one attached hydrogen (secondary N) is 2. The fourth-order valence-corrected chi connectivity index (χ4v) is 2.48. The fraction of sp³-hybridized carbons (Fsp3) is 0.150. The number of aryl methyl sites for hydroxylation is 2. The number of carbonyl (C=O) groups excluding carboxylic acids is 2. The van der Waals surface area contributed by atoms with Crippen molar-refractivity contribution in [2.24, 2.45) is 4.99 Å². The van der Waals surface area contributed by atoms with Gasteiger partial charge in [0.05, 0.1) is 11.4 Å². The van der Waals surface area contributed by atoms with Crippen molar-refractivity contribution in [1.29, 1.82) is 0 Å². The summed E-state index contributed by atoms with van der Waals surface area (Å²) in [6, 6.07) is 12.5. The number of benzene rings is 2. The van der Waals surface area contributed by atoms with E-state index in [0.717, 1.165) is 16.7 Å². The predicted octanol–water partition coefficient (Wildman–Crippen LogP) is 3.16. The lowest BCUT2D eigenvalue weighted by Crippen LogP contribution is -2.43. The van der Waals surface area contributed by atoms with Crippen LogP contribution in [0.25, 0.3) is 6.08 Å². The van der Waals surface area contributed by atoms with Gasteiger partial charge in [-0.3, -0.25) is 14.6 Å². The van der Waals surface area contributed by atoms with Gasteiger partial charge in [0, 0.05) is 12.3 Å². The number of carbonyl (C=O) groups is 2. The van der Waals surface area contributed by atoms with Crippen LogP contribution in [0.15, 0.2) is 53.5 Å². The first-order chi connectivity index (χ1) is 12.0. The molecule has 0 aromatic heterocycles. The molecule has 0 bridgehead atoms. The molecule has 1 aliphatic heterocycles. The highest BCUT2D eigenvalue weighted by molar-refractivity contribution is 6.11. The van der Waals surface area contributed by atoms with Crippen molar-refractivity contribution >= 4 is 35.5 Å². The van der Waals surface area contributed by atoms with Gasteiger partial charge in [-0.2, -0.15) is 0 Å². The van der Waals surface area contributed by atoms with Gasteiger partial charge < -0.3 is 10.6 Å². The molecule has 1 heterocycles. The number of fused-ring (bicyclic) bond motifs is 1. The predicted molar refractivity (Wildman–Crippen MR) is 100 cm³/mol. The second-order valence-corrected chi connectivity index (χ2v) is 5.95. The summed E-state index contributed by atoms with van der Waals surface area (Å²) in [5.41, 5.74) is 4.42. The molecule has 0 unspecified atom stereocenters. The van der Waals surface area contributed by atoms with Crippen LogP contribution in [0.3, 0.4) is 0 Å². The van der Waals surface area contributed by atoms with Crippen LogP contribution in [0, 0.1) is 13.8 Å². The largest absolute Gasteiger partial charge is 0.336 e. The third-order valence-corrected chi connectivity index (χ3v) is 4.04. The summed E-state index contributed by atoms with van der Waals surface area (Å²) in [4.78, 5) is 28.8. The minimum Gasteiger partial charge on any atom is -0.336 e. The molecule has 5 heteroatoms. The monoisotopic (exact) mass is 333 g/mol. The van der Waals surface area contributed by atoms with Gasteiger partial charge in [0.2, 0.25) is 5.91 Å². The molecule has 126 valence electrons. The van der Waals surface area contributed by atoms with Gasteiger partial charge in [0.15, 0.2) is 0 Å². The van der Waals surface area contributed by atoms with E-state index >= 15 is 0 Å². The number of hydrogen-bond acceptors (Lipinski definition) is 3. The Morgan fingerprint density at radius 1 is 1.16 bits per heavy atom. The lowest BCUT2D eigenvalue weighted by Gasteiger charge is -2.12. The average molecular weight is 333 g/mol. The summed E-state index contributed by atoms with van der Waals surface area (Å²) in [5, 5.41) is 5.47. The molecule has 1 aliphatic rings. The SMILES string of the molecule is Cc1cc2c(cc1C)NC(=O)[C@@H](NC(=O)/C=C/c1ccccc1)C=N2. The summed E-state index contributed by atoms with van der Waals surface area (Å²) >= 11 is 0.